The van der Waals surface area contributed by atoms with Gasteiger partial charge >= 0.3 is 0 Å². The minimum Gasteiger partial charge on any atom is -0.298 e. The first-order valence-corrected chi connectivity index (χ1v) is 4.39. The van der Waals surface area contributed by atoms with Gasteiger partial charge in [0.2, 0.25) is 0 Å². The number of benzene rings is 1. The van der Waals surface area contributed by atoms with Crippen molar-refractivity contribution in [2.45, 2.75) is 12.3 Å². The van der Waals surface area contributed by atoms with E-state index in [1.165, 1.54) is 13.0 Å². The highest BCUT2D eigenvalue weighted by atomic mass is 35.5. The van der Waals surface area contributed by atoms with Crippen LogP contribution in [0.1, 0.15) is 28.2 Å². The number of aldehydes is 1. The van der Waals surface area contributed by atoms with Crippen LogP contribution >= 0.6 is 11.6 Å². The van der Waals surface area contributed by atoms with Crippen LogP contribution in [0.2, 0.25) is 0 Å². The van der Waals surface area contributed by atoms with Gasteiger partial charge in [0.15, 0.2) is 5.78 Å². The summed E-state index contributed by atoms with van der Waals surface area (Å²) in [6, 6.07) is 3.55. The summed E-state index contributed by atoms with van der Waals surface area (Å²) < 4.78 is 12.8. The van der Waals surface area contributed by atoms with Gasteiger partial charge in [-0.05, 0) is 30.7 Å². The number of hydrogen-bond donors (Lipinski definition) is 0. The molecule has 14 heavy (non-hydrogen) atoms. The molecule has 0 spiro atoms. The molecular weight excluding hydrogens is 207 g/mol. The first-order valence-electron chi connectivity index (χ1n) is 3.95. The number of ketones is 1. The Labute approximate surface area is 85.7 Å². The Morgan fingerprint density at radius 2 is 2.21 bits per heavy atom. The molecular formula is C10H8ClFO2. The van der Waals surface area contributed by atoms with Crippen molar-refractivity contribution in [3.8, 4) is 0 Å². The molecule has 0 N–H and O–H groups in total. The van der Waals surface area contributed by atoms with E-state index in [1.807, 2.05) is 0 Å². The zero-order chi connectivity index (χ0) is 10.7. The average Bonchev–Trinajstić information content (AvgIpc) is 2.16. The maximum Gasteiger partial charge on any atom is 0.152 e. The van der Waals surface area contributed by atoms with Crippen molar-refractivity contribution in [2.24, 2.45) is 0 Å². The highest BCUT2D eigenvalue weighted by Crippen LogP contribution is 2.24. The lowest BCUT2D eigenvalue weighted by molar-refractivity contribution is -0.116. The van der Waals surface area contributed by atoms with Crippen molar-refractivity contribution in [2.75, 3.05) is 0 Å². The summed E-state index contributed by atoms with van der Waals surface area (Å²) in [5, 5.41) is -0.967. The molecule has 1 rings (SSSR count). The van der Waals surface area contributed by atoms with Gasteiger partial charge in [-0.1, -0.05) is 0 Å². The highest BCUT2D eigenvalue weighted by Gasteiger charge is 2.17. The van der Waals surface area contributed by atoms with Gasteiger partial charge in [0.25, 0.3) is 0 Å². The van der Waals surface area contributed by atoms with Gasteiger partial charge in [-0.15, -0.1) is 11.6 Å². The molecule has 0 saturated heterocycles. The maximum atomic E-state index is 12.8. The molecule has 1 unspecified atom stereocenters. The topological polar surface area (TPSA) is 34.1 Å². The number of halogens is 2. The van der Waals surface area contributed by atoms with E-state index in [9.17, 15) is 14.0 Å². The fourth-order valence-corrected chi connectivity index (χ4v) is 1.28. The molecule has 1 aromatic rings. The summed E-state index contributed by atoms with van der Waals surface area (Å²) >= 11 is 5.72. The van der Waals surface area contributed by atoms with Crippen LogP contribution in [0.15, 0.2) is 18.2 Å². The first kappa shape index (κ1) is 10.9. The second-order valence-electron chi connectivity index (χ2n) is 2.86. The molecule has 0 amide bonds. The Morgan fingerprint density at radius 1 is 1.57 bits per heavy atom. The monoisotopic (exact) mass is 214 g/mol. The van der Waals surface area contributed by atoms with E-state index in [0.717, 1.165) is 12.1 Å². The summed E-state index contributed by atoms with van der Waals surface area (Å²) in [5.74, 6) is -0.835. The average molecular weight is 215 g/mol. The fraction of sp³-hybridized carbons (Fsp3) is 0.200. The van der Waals surface area contributed by atoms with Gasteiger partial charge in [0.1, 0.15) is 17.5 Å². The normalized spacial score (nSPS) is 12.2. The van der Waals surface area contributed by atoms with Crippen molar-refractivity contribution < 1.29 is 14.0 Å². The van der Waals surface area contributed by atoms with Crippen molar-refractivity contribution in [1.29, 1.82) is 0 Å². The molecule has 0 saturated carbocycles. The van der Waals surface area contributed by atoms with E-state index in [2.05, 4.69) is 0 Å². The zero-order valence-corrected chi connectivity index (χ0v) is 8.22. The van der Waals surface area contributed by atoms with Gasteiger partial charge in [-0.3, -0.25) is 9.59 Å². The van der Waals surface area contributed by atoms with E-state index in [4.69, 9.17) is 11.6 Å². The second-order valence-corrected chi connectivity index (χ2v) is 3.30. The SMILES string of the molecule is CC(=O)C(Cl)c1cc(F)ccc1C=O. The molecule has 74 valence electrons. The van der Waals surface area contributed by atoms with E-state index < -0.39 is 11.2 Å². The number of rotatable bonds is 3. The van der Waals surface area contributed by atoms with E-state index >= 15 is 0 Å². The van der Waals surface area contributed by atoms with Gasteiger partial charge < -0.3 is 0 Å². The lowest BCUT2D eigenvalue weighted by Gasteiger charge is -2.08. The Kier molecular flexibility index (Phi) is 3.36. The Hall–Kier alpha value is -1.22. The minimum absolute atomic E-state index is 0.217. The Balaban J connectivity index is 3.23. The molecule has 1 aromatic carbocycles. The molecule has 0 fully saturated rings. The standard InChI is InChI=1S/C10H8ClFO2/c1-6(14)10(11)9-4-8(12)3-2-7(9)5-13/h2-5,10H,1H3. The predicted molar refractivity (Wildman–Crippen MR) is 51.1 cm³/mol. The van der Waals surface area contributed by atoms with E-state index in [-0.39, 0.29) is 16.9 Å². The lowest BCUT2D eigenvalue weighted by atomic mass is 10.0. The summed E-state index contributed by atoms with van der Waals surface area (Å²) in [6.07, 6.45) is 0.549. The van der Waals surface area contributed by atoms with Crippen LogP contribution in [-0.4, -0.2) is 12.1 Å². The van der Waals surface area contributed by atoms with Crippen LogP contribution in [-0.2, 0) is 4.79 Å². The molecule has 4 heteroatoms. The third-order valence-electron chi connectivity index (χ3n) is 1.81. The first-order chi connectivity index (χ1) is 6.56. The van der Waals surface area contributed by atoms with Crippen LogP contribution in [0.25, 0.3) is 0 Å². The summed E-state index contributed by atoms with van der Waals surface area (Å²) in [5.41, 5.74) is 0.454. The third kappa shape index (κ3) is 2.17. The van der Waals surface area contributed by atoms with Crippen molar-refractivity contribution >= 4 is 23.7 Å². The molecule has 0 radical (unpaired) electrons. The summed E-state index contributed by atoms with van der Waals surface area (Å²) in [6.45, 7) is 1.29. The van der Waals surface area contributed by atoms with E-state index in [0.29, 0.717) is 6.29 Å². The van der Waals surface area contributed by atoms with Crippen molar-refractivity contribution in [1.82, 2.24) is 0 Å². The predicted octanol–water partition coefficient (Wildman–Crippen LogP) is 2.51. The zero-order valence-electron chi connectivity index (χ0n) is 7.46. The van der Waals surface area contributed by atoms with Crippen LogP contribution in [0.4, 0.5) is 4.39 Å². The number of alkyl halides is 1. The lowest BCUT2D eigenvalue weighted by Crippen LogP contribution is -2.05. The molecule has 1 atom stereocenters. The van der Waals surface area contributed by atoms with Crippen molar-refractivity contribution in [3.05, 3.63) is 35.1 Å². The van der Waals surface area contributed by atoms with Crippen LogP contribution in [0, 0.1) is 5.82 Å². The summed E-state index contributed by atoms with van der Waals surface area (Å²) in [7, 11) is 0. The van der Waals surface area contributed by atoms with Crippen LogP contribution in [0.5, 0.6) is 0 Å². The van der Waals surface area contributed by atoms with E-state index in [1.54, 1.807) is 0 Å². The van der Waals surface area contributed by atoms with Gasteiger partial charge in [0, 0.05) is 5.56 Å². The van der Waals surface area contributed by atoms with Crippen LogP contribution < -0.4 is 0 Å². The fourth-order valence-electron chi connectivity index (χ4n) is 1.09. The van der Waals surface area contributed by atoms with Gasteiger partial charge in [-0.2, -0.15) is 0 Å². The minimum atomic E-state index is -0.967. The van der Waals surface area contributed by atoms with Gasteiger partial charge in [0.05, 0.1) is 0 Å². The third-order valence-corrected chi connectivity index (χ3v) is 2.35. The molecule has 0 bridgehead atoms. The number of carbonyl (C=O) groups is 2. The molecule has 0 heterocycles. The smallest absolute Gasteiger partial charge is 0.152 e. The molecule has 0 aliphatic heterocycles. The Morgan fingerprint density at radius 3 is 2.71 bits per heavy atom. The Bertz CT molecular complexity index is 376. The number of carbonyl (C=O) groups excluding carboxylic acids is 2. The number of Topliss-reactive ketones (excluding diaryl/α,β-unsaturated/α-hetero) is 1. The van der Waals surface area contributed by atoms with Crippen molar-refractivity contribution in [3.63, 3.8) is 0 Å². The second kappa shape index (κ2) is 4.33. The molecule has 2 nitrogen and oxygen atoms in total. The molecule has 0 aliphatic rings. The largest absolute Gasteiger partial charge is 0.298 e. The molecule has 0 aromatic heterocycles. The highest BCUT2D eigenvalue weighted by molar-refractivity contribution is 6.31. The number of hydrogen-bond acceptors (Lipinski definition) is 2. The van der Waals surface area contributed by atoms with Gasteiger partial charge in [-0.25, -0.2) is 4.39 Å². The summed E-state index contributed by atoms with van der Waals surface area (Å²) in [4.78, 5) is 21.5. The maximum absolute atomic E-state index is 12.8. The molecule has 0 aliphatic carbocycles. The quantitative estimate of drug-likeness (QED) is 0.572. The van der Waals surface area contributed by atoms with Crippen LogP contribution in [0.3, 0.4) is 0 Å².